The van der Waals surface area contributed by atoms with E-state index in [9.17, 15) is 9.90 Å². The normalized spacial score (nSPS) is 23.2. The molecule has 26 heavy (non-hydrogen) atoms. The lowest BCUT2D eigenvalue weighted by molar-refractivity contribution is -0.141. The molecule has 2 unspecified atom stereocenters. The van der Waals surface area contributed by atoms with Crippen LogP contribution in [0.4, 0.5) is 0 Å². The first-order chi connectivity index (χ1) is 12.7. The van der Waals surface area contributed by atoms with E-state index in [2.05, 4.69) is 49.1 Å². The third kappa shape index (κ3) is 2.93. The van der Waals surface area contributed by atoms with Crippen LogP contribution in [0.1, 0.15) is 6.42 Å². The van der Waals surface area contributed by atoms with Gasteiger partial charge in [-0.15, -0.1) is 0 Å². The fourth-order valence-electron chi connectivity index (χ4n) is 3.67. The standard InChI is InChI=1S/C22H20O4/c1-2-20(24)26-13-17(23)12-25-19-11-9-16-7-6-14-4-3-5-15-8-10-18(19)22(16)21(14)15/h2-3,5-11,17,22-23H,1,4,12-13H2. The quantitative estimate of drug-likeness (QED) is 0.591. The van der Waals surface area contributed by atoms with Gasteiger partial charge in [-0.2, -0.15) is 0 Å². The van der Waals surface area contributed by atoms with Gasteiger partial charge in [-0.1, -0.05) is 49.1 Å². The topological polar surface area (TPSA) is 55.8 Å². The highest BCUT2D eigenvalue weighted by Crippen LogP contribution is 2.47. The highest BCUT2D eigenvalue weighted by Gasteiger charge is 2.34. The average Bonchev–Trinajstić information content (AvgIpc) is 2.69. The molecule has 0 bridgehead atoms. The first kappa shape index (κ1) is 16.6. The molecule has 0 fully saturated rings. The van der Waals surface area contributed by atoms with E-state index in [0.29, 0.717) is 0 Å². The largest absolute Gasteiger partial charge is 0.490 e. The molecule has 0 radical (unpaired) electrons. The van der Waals surface area contributed by atoms with Crippen LogP contribution in [0.25, 0.3) is 0 Å². The molecule has 4 aliphatic carbocycles. The minimum atomic E-state index is -0.890. The van der Waals surface area contributed by atoms with Gasteiger partial charge in [0.15, 0.2) is 0 Å². The van der Waals surface area contributed by atoms with Crippen molar-refractivity contribution in [2.24, 2.45) is 5.92 Å². The monoisotopic (exact) mass is 348 g/mol. The van der Waals surface area contributed by atoms with E-state index < -0.39 is 12.1 Å². The molecule has 0 spiro atoms. The van der Waals surface area contributed by atoms with Gasteiger partial charge < -0.3 is 14.6 Å². The highest BCUT2D eigenvalue weighted by atomic mass is 16.5. The second kappa shape index (κ2) is 6.81. The molecular weight excluding hydrogens is 328 g/mol. The van der Waals surface area contributed by atoms with E-state index in [4.69, 9.17) is 9.47 Å². The number of carbonyl (C=O) groups is 1. The number of carbonyl (C=O) groups excluding carboxylic acids is 1. The smallest absolute Gasteiger partial charge is 0.330 e. The molecule has 0 aliphatic heterocycles. The molecule has 4 rings (SSSR count). The van der Waals surface area contributed by atoms with Gasteiger partial charge in [0.25, 0.3) is 0 Å². The van der Waals surface area contributed by atoms with Crippen molar-refractivity contribution in [3.8, 4) is 0 Å². The molecule has 132 valence electrons. The van der Waals surface area contributed by atoms with E-state index >= 15 is 0 Å². The molecule has 1 N–H and O–H groups in total. The first-order valence-corrected chi connectivity index (χ1v) is 8.69. The lowest BCUT2D eigenvalue weighted by Crippen LogP contribution is -2.25. The molecule has 2 atom stereocenters. The van der Waals surface area contributed by atoms with E-state index in [-0.39, 0.29) is 19.1 Å². The zero-order chi connectivity index (χ0) is 18.1. The van der Waals surface area contributed by atoms with Gasteiger partial charge in [0.2, 0.25) is 0 Å². The molecule has 0 amide bonds. The summed E-state index contributed by atoms with van der Waals surface area (Å²) < 4.78 is 10.7. The van der Waals surface area contributed by atoms with Crippen LogP contribution in [-0.4, -0.2) is 30.4 Å². The van der Waals surface area contributed by atoms with E-state index in [0.717, 1.165) is 23.8 Å². The zero-order valence-electron chi connectivity index (χ0n) is 14.4. The number of allylic oxidation sites excluding steroid dienone is 13. The number of esters is 1. The Kier molecular flexibility index (Phi) is 4.35. The zero-order valence-corrected chi connectivity index (χ0v) is 14.4. The number of aliphatic hydroxyl groups excluding tert-OH is 1. The second-order valence-corrected chi connectivity index (χ2v) is 6.55. The van der Waals surface area contributed by atoms with Gasteiger partial charge in [-0.3, -0.25) is 0 Å². The van der Waals surface area contributed by atoms with Crippen molar-refractivity contribution in [1.29, 1.82) is 0 Å². The molecule has 4 aliphatic rings. The van der Waals surface area contributed by atoms with Crippen molar-refractivity contribution in [2.45, 2.75) is 12.5 Å². The second-order valence-electron chi connectivity index (χ2n) is 6.55. The number of hydrogen-bond donors (Lipinski definition) is 1. The Morgan fingerprint density at radius 3 is 2.96 bits per heavy atom. The van der Waals surface area contributed by atoms with Crippen molar-refractivity contribution in [1.82, 2.24) is 0 Å². The van der Waals surface area contributed by atoms with Crippen LogP contribution >= 0.6 is 0 Å². The van der Waals surface area contributed by atoms with Crippen molar-refractivity contribution < 1.29 is 19.4 Å². The Morgan fingerprint density at radius 2 is 2.12 bits per heavy atom. The maximum Gasteiger partial charge on any atom is 0.330 e. The number of hydrogen-bond acceptors (Lipinski definition) is 4. The predicted octanol–water partition coefficient (Wildman–Crippen LogP) is 3.23. The third-order valence-corrected chi connectivity index (χ3v) is 4.87. The van der Waals surface area contributed by atoms with Gasteiger partial charge >= 0.3 is 5.97 Å². The fraction of sp³-hybridized carbons (Fsp3) is 0.227. The fourth-order valence-corrected chi connectivity index (χ4v) is 3.67. The summed E-state index contributed by atoms with van der Waals surface area (Å²) in [6.07, 6.45) is 18.1. The van der Waals surface area contributed by atoms with Gasteiger partial charge in [0.1, 0.15) is 25.1 Å². The molecule has 0 saturated carbocycles. The van der Waals surface area contributed by atoms with Crippen molar-refractivity contribution in [3.05, 3.63) is 94.9 Å². The Bertz CT molecular complexity index is 874. The van der Waals surface area contributed by atoms with Crippen LogP contribution in [0.3, 0.4) is 0 Å². The highest BCUT2D eigenvalue weighted by molar-refractivity contribution is 5.81. The van der Waals surface area contributed by atoms with Crippen molar-refractivity contribution >= 4 is 5.97 Å². The van der Waals surface area contributed by atoms with Gasteiger partial charge in [0.05, 0.1) is 0 Å². The molecule has 4 heteroatoms. The third-order valence-electron chi connectivity index (χ3n) is 4.87. The van der Waals surface area contributed by atoms with Crippen LogP contribution in [0.15, 0.2) is 94.9 Å². The number of rotatable bonds is 6. The van der Waals surface area contributed by atoms with Gasteiger partial charge in [-0.05, 0) is 34.8 Å². The van der Waals surface area contributed by atoms with Gasteiger partial charge in [0, 0.05) is 17.6 Å². The van der Waals surface area contributed by atoms with Crippen molar-refractivity contribution in [2.75, 3.05) is 13.2 Å². The summed E-state index contributed by atoms with van der Waals surface area (Å²) in [6.45, 7) is 3.27. The summed E-state index contributed by atoms with van der Waals surface area (Å²) in [6, 6.07) is 0. The summed E-state index contributed by atoms with van der Waals surface area (Å²) in [5.74, 6) is 0.385. The van der Waals surface area contributed by atoms with Gasteiger partial charge in [-0.25, -0.2) is 4.79 Å². The summed E-state index contributed by atoms with van der Waals surface area (Å²) in [4.78, 5) is 11.1. The van der Waals surface area contributed by atoms with Crippen LogP contribution in [0.5, 0.6) is 0 Å². The molecule has 4 nitrogen and oxygen atoms in total. The van der Waals surface area contributed by atoms with E-state index in [1.165, 1.54) is 22.3 Å². The summed E-state index contributed by atoms with van der Waals surface area (Å²) in [5.41, 5.74) is 6.32. The predicted molar refractivity (Wildman–Crippen MR) is 98.9 cm³/mol. The molecular formula is C22H20O4. The average molecular weight is 348 g/mol. The molecule has 0 aromatic rings. The number of aliphatic hydroxyl groups is 1. The SMILES string of the molecule is C=CC(=O)OCC(O)COC1=C2C=CC3=C4C(=CC=C(C=C1)C24)CC=C3. The Morgan fingerprint density at radius 1 is 1.23 bits per heavy atom. The van der Waals surface area contributed by atoms with Crippen LogP contribution in [0.2, 0.25) is 0 Å². The van der Waals surface area contributed by atoms with E-state index in [1.54, 1.807) is 0 Å². The Hall–Kier alpha value is -2.85. The van der Waals surface area contributed by atoms with Crippen LogP contribution in [0, 0.1) is 5.92 Å². The first-order valence-electron chi connectivity index (χ1n) is 8.69. The van der Waals surface area contributed by atoms with Crippen LogP contribution in [-0.2, 0) is 14.3 Å². The lowest BCUT2D eigenvalue weighted by atomic mass is 9.69. The van der Waals surface area contributed by atoms with Crippen LogP contribution < -0.4 is 0 Å². The Balaban J connectivity index is 1.52. The molecule has 0 aromatic carbocycles. The van der Waals surface area contributed by atoms with E-state index in [1.807, 2.05) is 6.08 Å². The maximum atomic E-state index is 11.1. The summed E-state index contributed by atoms with van der Waals surface area (Å²) >= 11 is 0. The molecule has 0 heterocycles. The Labute approximate surface area is 152 Å². The summed E-state index contributed by atoms with van der Waals surface area (Å²) in [5, 5.41) is 9.97. The summed E-state index contributed by atoms with van der Waals surface area (Å²) in [7, 11) is 0. The lowest BCUT2D eigenvalue weighted by Gasteiger charge is -2.36. The van der Waals surface area contributed by atoms with Crippen molar-refractivity contribution in [3.63, 3.8) is 0 Å². The number of ether oxygens (including phenoxy) is 2. The molecule has 0 saturated heterocycles. The minimum absolute atomic E-state index is 0.0572. The maximum absolute atomic E-state index is 11.1. The molecule has 0 aromatic heterocycles. The minimum Gasteiger partial charge on any atom is -0.490 e.